The predicted molar refractivity (Wildman–Crippen MR) is 184 cm³/mol. The SMILES string of the molecule is CC(C)(CC(=O)O)CC(=O)O[C@H]1CC[C@@]2(C)C(CC[C@]3(C)C2CC[C@@H]2[C@H]4CCC[C@]4(CC(=O)N[C@@H]4CC[C@H](N)C4)CC[C@]23C)C1(C)C. The second-order valence-corrected chi connectivity index (χ2v) is 19.8. The summed E-state index contributed by atoms with van der Waals surface area (Å²) in [6.45, 7) is 16.3. The molecule has 0 spiro atoms. The van der Waals surface area contributed by atoms with Crippen LogP contribution in [0.1, 0.15) is 158 Å². The van der Waals surface area contributed by atoms with Crippen LogP contribution < -0.4 is 11.1 Å². The standard InChI is InChI=1S/C40H66N2O5/c1-35(2,23-33(44)45)24-34(46)47-31-15-17-37(5)29(36(31,3)4)14-18-39(7)30(37)13-12-27-28-9-8-16-40(28,20-19-38(27,39)6)22-32(43)42-26-11-10-25(41)21-26/h25-31H,8-24,41H2,1-7H3,(H,42,43)(H,44,45)/t25-,26+,27+,28+,29?,30?,31-,37-,38+,39+,40+/m0/s1. The molecule has 6 saturated carbocycles. The molecule has 6 aliphatic rings. The van der Waals surface area contributed by atoms with E-state index in [0.29, 0.717) is 30.1 Å². The molecular formula is C40H66N2O5. The lowest BCUT2D eigenvalue weighted by Gasteiger charge is -2.72. The van der Waals surface area contributed by atoms with Gasteiger partial charge in [-0.05, 0) is 134 Å². The van der Waals surface area contributed by atoms with E-state index in [-0.39, 0.29) is 70.0 Å². The van der Waals surface area contributed by atoms with Gasteiger partial charge in [0.15, 0.2) is 0 Å². The first-order chi connectivity index (χ1) is 21.9. The molecule has 2 unspecified atom stereocenters. The first kappa shape index (κ1) is 35.2. The van der Waals surface area contributed by atoms with Crippen molar-refractivity contribution < 1.29 is 24.2 Å². The Kier molecular flexibility index (Phi) is 8.99. The molecule has 0 bridgehead atoms. The Morgan fingerprint density at radius 1 is 0.809 bits per heavy atom. The predicted octanol–water partition coefficient (Wildman–Crippen LogP) is 8.03. The third-order valence-electron chi connectivity index (χ3n) is 16.4. The van der Waals surface area contributed by atoms with Crippen LogP contribution in [0.4, 0.5) is 0 Å². The van der Waals surface area contributed by atoms with Crippen LogP contribution in [0.3, 0.4) is 0 Å². The summed E-state index contributed by atoms with van der Waals surface area (Å²) < 4.78 is 6.25. The minimum atomic E-state index is -0.878. The zero-order chi connectivity index (χ0) is 34.2. The average Bonchev–Trinajstić information content (AvgIpc) is 3.55. The minimum absolute atomic E-state index is 0.0400. The van der Waals surface area contributed by atoms with Crippen LogP contribution in [0.25, 0.3) is 0 Å². The number of rotatable bonds is 8. The Labute approximate surface area is 284 Å². The maximum atomic E-state index is 13.5. The van der Waals surface area contributed by atoms with Crippen LogP contribution >= 0.6 is 0 Å². The van der Waals surface area contributed by atoms with E-state index in [4.69, 9.17) is 10.5 Å². The zero-order valence-electron chi connectivity index (χ0n) is 30.7. The molecular weight excluding hydrogens is 588 g/mol. The van der Waals surface area contributed by atoms with Crippen molar-refractivity contribution in [1.29, 1.82) is 0 Å². The van der Waals surface area contributed by atoms with Crippen molar-refractivity contribution in [3.8, 4) is 0 Å². The lowest BCUT2D eigenvalue weighted by Crippen LogP contribution is -2.66. The van der Waals surface area contributed by atoms with E-state index in [9.17, 15) is 19.5 Å². The molecule has 47 heavy (non-hydrogen) atoms. The van der Waals surface area contributed by atoms with Crippen LogP contribution in [0.15, 0.2) is 0 Å². The molecule has 0 saturated heterocycles. The third kappa shape index (κ3) is 5.88. The van der Waals surface area contributed by atoms with Crippen LogP contribution in [0.2, 0.25) is 0 Å². The minimum Gasteiger partial charge on any atom is -0.481 e. The Bertz CT molecular complexity index is 1250. The number of esters is 1. The summed E-state index contributed by atoms with van der Waals surface area (Å²) in [7, 11) is 0. The molecule has 0 aromatic heterocycles. The number of hydrogen-bond acceptors (Lipinski definition) is 5. The molecule has 6 aliphatic carbocycles. The number of carboxylic acid groups (broad SMARTS) is 1. The van der Waals surface area contributed by atoms with Crippen molar-refractivity contribution in [3.05, 3.63) is 0 Å². The van der Waals surface area contributed by atoms with Crippen LogP contribution in [-0.4, -0.2) is 41.1 Å². The summed E-state index contributed by atoms with van der Waals surface area (Å²) >= 11 is 0. The molecule has 4 N–H and O–H groups in total. The molecule has 6 rings (SSSR count). The maximum Gasteiger partial charge on any atom is 0.306 e. The molecule has 0 aliphatic heterocycles. The highest BCUT2D eigenvalue weighted by atomic mass is 16.5. The first-order valence-corrected chi connectivity index (χ1v) is 19.3. The quantitative estimate of drug-likeness (QED) is 0.228. The van der Waals surface area contributed by atoms with E-state index in [1.807, 2.05) is 13.8 Å². The van der Waals surface area contributed by atoms with E-state index >= 15 is 0 Å². The van der Waals surface area contributed by atoms with Gasteiger partial charge in [0.25, 0.3) is 0 Å². The topological polar surface area (TPSA) is 119 Å². The Morgan fingerprint density at radius 3 is 2.23 bits per heavy atom. The average molecular weight is 655 g/mol. The molecule has 1 amide bonds. The maximum absolute atomic E-state index is 13.5. The highest BCUT2D eigenvalue weighted by Crippen LogP contribution is 2.77. The van der Waals surface area contributed by atoms with Crippen molar-refractivity contribution >= 4 is 17.8 Å². The number of carboxylic acids is 1. The van der Waals surface area contributed by atoms with Crippen molar-refractivity contribution in [3.63, 3.8) is 0 Å². The summed E-state index contributed by atoms with van der Waals surface area (Å²) in [5.74, 6) is 1.60. The molecule has 0 heterocycles. The first-order valence-electron chi connectivity index (χ1n) is 19.3. The Balaban J connectivity index is 1.17. The van der Waals surface area contributed by atoms with Gasteiger partial charge in [-0.15, -0.1) is 0 Å². The van der Waals surface area contributed by atoms with E-state index in [2.05, 4.69) is 39.9 Å². The number of nitrogens with two attached hydrogens (primary N) is 1. The van der Waals surface area contributed by atoms with Crippen molar-refractivity contribution in [2.45, 2.75) is 176 Å². The van der Waals surface area contributed by atoms with E-state index in [1.54, 1.807) is 0 Å². The fourth-order valence-corrected chi connectivity index (χ4v) is 14.0. The number of nitrogens with one attached hydrogen (secondary N) is 1. The van der Waals surface area contributed by atoms with E-state index < -0.39 is 11.4 Å². The number of ether oxygens (including phenoxy) is 1. The monoisotopic (exact) mass is 654 g/mol. The van der Waals surface area contributed by atoms with Gasteiger partial charge in [0.1, 0.15) is 6.10 Å². The molecule has 0 aromatic rings. The molecule has 0 aromatic carbocycles. The Hall–Kier alpha value is -1.63. The highest BCUT2D eigenvalue weighted by Gasteiger charge is 2.70. The van der Waals surface area contributed by atoms with E-state index in [0.717, 1.165) is 32.1 Å². The normalized spacial score (nSPS) is 45.6. The van der Waals surface area contributed by atoms with Gasteiger partial charge >= 0.3 is 11.9 Å². The summed E-state index contributed by atoms with van der Waals surface area (Å²) in [6.07, 6.45) is 16.7. The van der Waals surface area contributed by atoms with Gasteiger partial charge in [0, 0.05) is 23.9 Å². The number of fused-ring (bicyclic) bond motifs is 7. The van der Waals surface area contributed by atoms with Crippen molar-refractivity contribution in [1.82, 2.24) is 5.32 Å². The molecule has 11 atom stereocenters. The fourth-order valence-electron chi connectivity index (χ4n) is 14.0. The van der Waals surface area contributed by atoms with Gasteiger partial charge in [-0.3, -0.25) is 14.4 Å². The van der Waals surface area contributed by atoms with Crippen molar-refractivity contribution in [2.24, 2.45) is 61.9 Å². The zero-order valence-corrected chi connectivity index (χ0v) is 30.7. The third-order valence-corrected chi connectivity index (χ3v) is 16.4. The summed E-state index contributed by atoms with van der Waals surface area (Å²) in [5.41, 5.74) is 6.31. The number of carbonyl (C=O) groups is 3. The molecule has 6 fully saturated rings. The largest absolute Gasteiger partial charge is 0.481 e. The van der Waals surface area contributed by atoms with Gasteiger partial charge in [0.05, 0.1) is 12.8 Å². The fraction of sp³-hybridized carbons (Fsp3) is 0.925. The van der Waals surface area contributed by atoms with Gasteiger partial charge in [-0.25, -0.2) is 0 Å². The van der Waals surface area contributed by atoms with Gasteiger partial charge in [0.2, 0.25) is 5.91 Å². The molecule has 7 nitrogen and oxygen atoms in total. The molecule has 0 radical (unpaired) electrons. The molecule has 7 heteroatoms. The van der Waals surface area contributed by atoms with Crippen LogP contribution in [0.5, 0.6) is 0 Å². The smallest absolute Gasteiger partial charge is 0.306 e. The van der Waals surface area contributed by atoms with E-state index in [1.165, 1.54) is 57.8 Å². The number of hydrogen-bond donors (Lipinski definition) is 3. The Morgan fingerprint density at radius 2 is 1.55 bits per heavy atom. The number of amides is 1. The van der Waals surface area contributed by atoms with Gasteiger partial charge in [-0.1, -0.05) is 54.9 Å². The van der Waals surface area contributed by atoms with Gasteiger partial charge < -0.3 is 20.9 Å². The molecule has 266 valence electrons. The summed E-state index contributed by atoms with van der Waals surface area (Å²) in [6, 6.07) is 0.499. The van der Waals surface area contributed by atoms with Gasteiger partial charge in [-0.2, -0.15) is 0 Å². The summed E-state index contributed by atoms with van der Waals surface area (Å²) in [4.78, 5) is 38.0. The lowest BCUT2D eigenvalue weighted by molar-refractivity contribution is -0.248. The van der Waals surface area contributed by atoms with Crippen LogP contribution in [-0.2, 0) is 19.1 Å². The summed E-state index contributed by atoms with van der Waals surface area (Å²) in [5, 5.41) is 12.7. The second kappa shape index (κ2) is 12.0. The highest BCUT2D eigenvalue weighted by molar-refractivity contribution is 5.77. The van der Waals surface area contributed by atoms with Crippen molar-refractivity contribution in [2.75, 3.05) is 0 Å². The second-order valence-electron chi connectivity index (χ2n) is 19.8. The number of carbonyl (C=O) groups excluding carboxylic acids is 2. The lowest BCUT2D eigenvalue weighted by atomic mass is 9.32. The number of aliphatic carboxylic acids is 1. The van der Waals surface area contributed by atoms with Crippen LogP contribution in [0, 0.1) is 56.2 Å².